The molecular weight excluding hydrogens is 200 g/mol. The highest BCUT2D eigenvalue weighted by atomic mass is 16.5. The van der Waals surface area contributed by atoms with E-state index in [4.69, 9.17) is 4.74 Å². The lowest BCUT2D eigenvalue weighted by Gasteiger charge is -2.26. The number of benzene rings is 1. The van der Waals surface area contributed by atoms with Crippen molar-refractivity contribution in [1.82, 2.24) is 0 Å². The highest BCUT2D eigenvalue weighted by molar-refractivity contribution is 5.94. The van der Waals surface area contributed by atoms with Crippen LogP contribution in [0.3, 0.4) is 0 Å². The minimum atomic E-state index is -0.146. The minimum absolute atomic E-state index is 0.0827. The van der Waals surface area contributed by atoms with Gasteiger partial charge in [-0.15, -0.1) is 0 Å². The first-order valence-electron chi connectivity index (χ1n) is 5.74. The number of rotatable bonds is 5. The van der Waals surface area contributed by atoms with Crippen molar-refractivity contribution in [3.05, 3.63) is 29.8 Å². The predicted molar refractivity (Wildman–Crippen MR) is 66.1 cm³/mol. The Balaban J connectivity index is 2.72. The Morgan fingerprint density at radius 2 is 1.81 bits per heavy atom. The van der Waals surface area contributed by atoms with Gasteiger partial charge in [-0.1, -0.05) is 13.3 Å². The molecule has 0 spiro atoms. The maximum Gasteiger partial charge on any atom is 0.159 e. The SMILES string of the molecule is CCCC(C)(C)Oc1ccc(C(C)=O)cc1. The first-order chi connectivity index (χ1) is 7.44. The fourth-order valence-corrected chi connectivity index (χ4v) is 1.73. The third-order valence-corrected chi connectivity index (χ3v) is 2.51. The Morgan fingerprint density at radius 3 is 2.25 bits per heavy atom. The molecule has 88 valence electrons. The molecule has 0 aliphatic rings. The molecule has 0 fully saturated rings. The van der Waals surface area contributed by atoms with E-state index in [0.29, 0.717) is 0 Å². The van der Waals surface area contributed by atoms with Crippen molar-refractivity contribution in [3.63, 3.8) is 0 Å². The van der Waals surface area contributed by atoms with Gasteiger partial charge >= 0.3 is 0 Å². The summed E-state index contributed by atoms with van der Waals surface area (Å²) in [5.74, 6) is 0.905. The molecule has 0 amide bonds. The Hall–Kier alpha value is -1.31. The van der Waals surface area contributed by atoms with E-state index in [1.54, 1.807) is 19.1 Å². The number of carbonyl (C=O) groups is 1. The zero-order chi connectivity index (χ0) is 12.2. The third-order valence-electron chi connectivity index (χ3n) is 2.51. The molecule has 0 saturated heterocycles. The fraction of sp³-hybridized carbons (Fsp3) is 0.500. The summed E-state index contributed by atoms with van der Waals surface area (Å²) in [5.41, 5.74) is 0.576. The predicted octanol–water partition coefficient (Wildman–Crippen LogP) is 3.85. The number of carbonyl (C=O) groups excluding carboxylic acids is 1. The molecule has 1 rings (SSSR count). The molecule has 2 heteroatoms. The lowest BCUT2D eigenvalue weighted by molar-refractivity contribution is 0.0984. The van der Waals surface area contributed by atoms with Gasteiger partial charge in [0.1, 0.15) is 11.4 Å². The summed E-state index contributed by atoms with van der Waals surface area (Å²) in [6, 6.07) is 7.32. The van der Waals surface area contributed by atoms with Gasteiger partial charge in [0.15, 0.2) is 5.78 Å². The van der Waals surface area contributed by atoms with Crippen LogP contribution in [-0.2, 0) is 0 Å². The van der Waals surface area contributed by atoms with Crippen LogP contribution in [0.5, 0.6) is 5.75 Å². The summed E-state index contributed by atoms with van der Waals surface area (Å²) in [6.07, 6.45) is 2.11. The molecule has 1 aromatic carbocycles. The van der Waals surface area contributed by atoms with Crippen molar-refractivity contribution in [2.45, 2.75) is 46.1 Å². The molecule has 0 aliphatic heterocycles. The van der Waals surface area contributed by atoms with Gasteiger partial charge in [-0.2, -0.15) is 0 Å². The minimum Gasteiger partial charge on any atom is -0.488 e. The second kappa shape index (κ2) is 5.15. The lowest BCUT2D eigenvalue weighted by atomic mass is 10.0. The number of hydrogen-bond donors (Lipinski definition) is 0. The van der Waals surface area contributed by atoms with Crippen molar-refractivity contribution in [1.29, 1.82) is 0 Å². The van der Waals surface area contributed by atoms with Gasteiger partial charge in [0.2, 0.25) is 0 Å². The normalized spacial score (nSPS) is 11.2. The molecule has 0 atom stereocenters. The van der Waals surface area contributed by atoms with Crippen LogP contribution in [-0.4, -0.2) is 11.4 Å². The zero-order valence-corrected chi connectivity index (χ0v) is 10.5. The molecule has 0 bridgehead atoms. The molecule has 0 N–H and O–H groups in total. The van der Waals surface area contributed by atoms with Crippen LogP contribution in [0.1, 0.15) is 50.9 Å². The molecule has 0 heterocycles. The summed E-state index contributed by atoms with van der Waals surface area (Å²) in [4.78, 5) is 11.1. The van der Waals surface area contributed by atoms with E-state index < -0.39 is 0 Å². The molecule has 1 aromatic rings. The van der Waals surface area contributed by atoms with Gasteiger partial charge in [-0.25, -0.2) is 0 Å². The van der Waals surface area contributed by atoms with Crippen molar-refractivity contribution in [3.8, 4) is 5.75 Å². The Morgan fingerprint density at radius 1 is 1.25 bits per heavy atom. The van der Waals surface area contributed by atoms with E-state index in [9.17, 15) is 4.79 Å². The molecule has 0 aromatic heterocycles. The van der Waals surface area contributed by atoms with Crippen LogP contribution in [0, 0.1) is 0 Å². The molecule has 0 radical (unpaired) electrons. The molecule has 0 aliphatic carbocycles. The second-order valence-corrected chi connectivity index (χ2v) is 4.69. The molecule has 0 saturated carbocycles. The first kappa shape index (κ1) is 12.8. The number of ketones is 1. The van der Waals surface area contributed by atoms with Crippen molar-refractivity contribution < 1.29 is 9.53 Å². The van der Waals surface area contributed by atoms with Gasteiger partial charge in [0.05, 0.1) is 0 Å². The lowest BCUT2D eigenvalue weighted by Crippen LogP contribution is -2.27. The first-order valence-corrected chi connectivity index (χ1v) is 5.74. The van der Waals surface area contributed by atoms with Crippen LogP contribution in [0.2, 0.25) is 0 Å². The fourth-order valence-electron chi connectivity index (χ4n) is 1.73. The van der Waals surface area contributed by atoms with Crippen molar-refractivity contribution >= 4 is 5.78 Å². The van der Waals surface area contributed by atoms with E-state index in [0.717, 1.165) is 24.2 Å². The highest BCUT2D eigenvalue weighted by Crippen LogP contribution is 2.22. The summed E-state index contributed by atoms with van der Waals surface area (Å²) in [5, 5.41) is 0. The number of hydrogen-bond acceptors (Lipinski definition) is 2. The quantitative estimate of drug-likeness (QED) is 0.704. The highest BCUT2D eigenvalue weighted by Gasteiger charge is 2.18. The van der Waals surface area contributed by atoms with Gasteiger partial charge in [-0.3, -0.25) is 4.79 Å². The van der Waals surface area contributed by atoms with E-state index in [-0.39, 0.29) is 11.4 Å². The second-order valence-electron chi connectivity index (χ2n) is 4.69. The van der Waals surface area contributed by atoms with Crippen LogP contribution >= 0.6 is 0 Å². The molecular formula is C14H20O2. The van der Waals surface area contributed by atoms with Crippen molar-refractivity contribution in [2.24, 2.45) is 0 Å². The van der Waals surface area contributed by atoms with Gasteiger partial charge in [-0.05, 0) is 51.5 Å². The average Bonchev–Trinajstić information content (AvgIpc) is 2.17. The molecule has 0 unspecified atom stereocenters. The maximum absolute atomic E-state index is 11.1. The van der Waals surface area contributed by atoms with E-state index >= 15 is 0 Å². The Kier molecular flexibility index (Phi) is 4.11. The third kappa shape index (κ3) is 3.69. The number of ether oxygens (including phenoxy) is 1. The van der Waals surface area contributed by atoms with Gasteiger partial charge < -0.3 is 4.74 Å². The number of Topliss-reactive ketones (excluding diaryl/α,β-unsaturated/α-hetero) is 1. The zero-order valence-electron chi connectivity index (χ0n) is 10.5. The Bertz CT molecular complexity index is 350. The van der Waals surface area contributed by atoms with Crippen LogP contribution in [0.25, 0.3) is 0 Å². The molecule has 16 heavy (non-hydrogen) atoms. The maximum atomic E-state index is 11.1. The summed E-state index contributed by atoms with van der Waals surface area (Å²) in [6.45, 7) is 7.87. The standard InChI is InChI=1S/C14H20O2/c1-5-10-14(3,4)16-13-8-6-12(7-9-13)11(2)15/h6-9H,5,10H2,1-4H3. The smallest absolute Gasteiger partial charge is 0.159 e. The van der Waals surface area contributed by atoms with Crippen LogP contribution < -0.4 is 4.74 Å². The average molecular weight is 220 g/mol. The topological polar surface area (TPSA) is 26.3 Å². The van der Waals surface area contributed by atoms with Gasteiger partial charge in [0, 0.05) is 5.56 Å². The van der Waals surface area contributed by atoms with E-state index in [1.165, 1.54) is 0 Å². The summed E-state index contributed by atoms with van der Waals surface area (Å²) < 4.78 is 5.87. The van der Waals surface area contributed by atoms with E-state index in [2.05, 4.69) is 20.8 Å². The van der Waals surface area contributed by atoms with Crippen LogP contribution in [0.15, 0.2) is 24.3 Å². The van der Waals surface area contributed by atoms with Crippen LogP contribution in [0.4, 0.5) is 0 Å². The summed E-state index contributed by atoms with van der Waals surface area (Å²) >= 11 is 0. The summed E-state index contributed by atoms with van der Waals surface area (Å²) in [7, 11) is 0. The van der Waals surface area contributed by atoms with Gasteiger partial charge in [0.25, 0.3) is 0 Å². The Labute approximate surface area is 97.6 Å². The molecule has 2 nitrogen and oxygen atoms in total. The van der Waals surface area contributed by atoms with Crippen molar-refractivity contribution in [2.75, 3.05) is 0 Å². The largest absolute Gasteiger partial charge is 0.488 e. The van der Waals surface area contributed by atoms with E-state index in [1.807, 2.05) is 12.1 Å². The monoisotopic (exact) mass is 220 g/mol.